The van der Waals surface area contributed by atoms with Crippen LogP contribution in [0, 0.1) is 20.2 Å². The Morgan fingerprint density at radius 3 is 2.21 bits per heavy atom. The second-order valence-corrected chi connectivity index (χ2v) is 12.5. The number of phenolic OH excluding ortho intramolecular Hbond substituents is 1. The summed E-state index contributed by atoms with van der Waals surface area (Å²) in [6.45, 7) is 0. The number of phenols is 1. The van der Waals surface area contributed by atoms with E-state index in [1.165, 1.54) is 24.3 Å². The molecular weight excluding hydrogens is 708 g/mol. The third kappa shape index (κ3) is 5.60. The van der Waals surface area contributed by atoms with E-state index >= 15 is 0 Å². The van der Waals surface area contributed by atoms with Crippen LogP contribution in [0.4, 0.5) is 11.4 Å². The van der Waals surface area contributed by atoms with E-state index in [0.717, 1.165) is 0 Å². The van der Waals surface area contributed by atoms with Crippen molar-refractivity contribution < 1.29 is 104 Å². The van der Waals surface area contributed by atoms with Crippen molar-refractivity contribution in [1.82, 2.24) is 0 Å². The molecule has 2 N–H and O–H groups in total. The number of aromatic hydroxyl groups is 1. The Labute approximate surface area is 187 Å². The number of rotatable bonds is 5. The first-order valence-corrected chi connectivity index (χ1v) is 13.8. The van der Waals surface area contributed by atoms with E-state index < -0.39 is 40.6 Å². The molecule has 2 aromatic carbocycles. The van der Waals surface area contributed by atoms with Gasteiger partial charge in [-0.2, -0.15) is 0 Å². The zero-order valence-corrected chi connectivity index (χ0v) is 25.7. The molecule has 0 aliphatic carbocycles. The normalized spacial score (nSPS) is 9.08. The summed E-state index contributed by atoms with van der Waals surface area (Å²) in [5, 5.41) is 31.7. The fraction of sp³-hybridized carbons (Fsp3) is 0. The van der Waals surface area contributed by atoms with Crippen molar-refractivity contribution in [2.45, 2.75) is 0 Å². The van der Waals surface area contributed by atoms with Gasteiger partial charge in [0.2, 0.25) is 0 Å². The van der Waals surface area contributed by atoms with Crippen molar-refractivity contribution >= 4 is 17.5 Å². The molecule has 0 aliphatic heterocycles. The minimum atomic E-state index is -2.50. The summed E-state index contributed by atoms with van der Waals surface area (Å²) in [6, 6.07) is 9.12. The van der Waals surface area contributed by atoms with Gasteiger partial charge in [0.05, 0.1) is 0 Å². The first-order valence-electron chi connectivity index (χ1n) is 6.09. The Kier molecular flexibility index (Phi) is 10.5. The van der Waals surface area contributed by atoms with Crippen molar-refractivity contribution in [3.8, 4) is 11.5 Å². The zero-order valence-electron chi connectivity index (χ0n) is 12.7. The van der Waals surface area contributed by atoms with E-state index in [4.69, 9.17) is 2.64 Å². The Hall–Kier alpha value is -0.330. The van der Waals surface area contributed by atoms with E-state index in [1.807, 2.05) is 0 Å². The summed E-state index contributed by atoms with van der Waals surface area (Å²) in [4.78, 5) is 21.0. The molecule has 0 saturated carbocycles. The summed E-state index contributed by atoms with van der Waals surface area (Å²) < 4.78 is 6.63. The van der Waals surface area contributed by atoms with Gasteiger partial charge in [0.25, 0.3) is 0 Å². The van der Waals surface area contributed by atoms with E-state index in [1.54, 1.807) is 12.1 Å². The summed E-state index contributed by atoms with van der Waals surface area (Å²) in [5.41, 5.74) is -0.411. The van der Waals surface area contributed by atoms with Gasteiger partial charge in [-0.15, -0.1) is 0 Å². The smallest absolute Gasteiger partial charge is 0.870 e. The Morgan fingerprint density at radius 2 is 1.62 bits per heavy atom. The van der Waals surface area contributed by atoms with Gasteiger partial charge in [-0.25, -0.2) is 0 Å². The molecule has 0 amide bonds. The maximum absolute atomic E-state index is 11.1. The van der Waals surface area contributed by atoms with Gasteiger partial charge in [0.1, 0.15) is 0 Å². The van der Waals surface area contributed by atoms with Crippen LogP contribution in [0.2, 0.25) is 0 Å². The quantitative estimate of drug-likeness (QED) is 0.212. The third-order valence-corrected chi connectivity index (χ3v) is 10.3. The molecule has 0 heterocycles. The molecule has 0 aliphatic rings. The number of benzene rings is 2. The SMILES string of the molecule is O=[N+]([O-])c1[c]([Hg])cccc1[O][Hg][c]1cccc(O)c1[N+](=O)[O-].[Na+].[OH-]. The van der Waals surface area contributed by atoms with Crippen LogP contribution in [0.3, 0.4) is 0 Å². The van der Waals surface area contributed by atoms with Gasteiger partial charge in [-0.05, 0) is 0 Å². The fourth-order valence-corrected chi connectivity index (χ4v) is 8.42. The van der Waals surface area contributed by atoms with Crippen LogP contribution >= 0.6 is 0 Å². The average molecular weight is 716 g/mol. The molecular formula is C12H8Hg2N2NaO7. The zero-order chi connectivity index (χ0) is 16.3. The van der Waals surface area contributed by atoms with E-state index in [2.05, 4.69) is 0 Å². The largest absolute Gasteiger partial charge is 1.00 e. The molecule has 0 fully saturated rings. The summed E-state index contributed by atoms with van der Waals surface area (Å²) in [7, 11) is 0. The van der Waals surface area contributed by atoms with E-state index in [9.17, 15) is 25.3 Å². The molecule has 113 valence electrons. The Balaban J connectivity index is 0.00000264. The van der Waals surface area contributed by atoms with Crippen LogP contribution in [0.5, 0.6) is 11.5 Å². The van der Waals surface area contributed by atoms with Crippen LogP contribution in [0.25, 0.3) is 0 Å². The molecule has 0 atom stereocenters. The molecule has 0 bridgehead atoms. The van der Waals surface area contributed by atoms with Crippen molar-refractivity contribution in [2.75, 3.05) is 0 Å². The molecule has 24 heavy (non-hydrogen) atoms. The molecule has 2 aromatic rings. The summed E-state index contributed by atoms with van der Waals surface area (Å²) in [6.07, 6.45) is 0. The van der Waals surface area contributed by atoms with Gasteiger partial charge in [-0.3, -0.25) is 0 Å². The van der Waals surface area contributed by atoms with Gasteiger partial charge < -0.3 is 5.48 Å². The molecule has 0 radical (unpaired) electrons. The second-order valence-electron chi connectivity index (χ2n) is 4.35. The van der Waals surface area contributed by atoms with Crippen LogP contribution in [0.15, 0.2) is 36.4 Å². The van der Waals surface area contributed by atoms with E-state index in [0.29, 0.717) is 6.14 Å². The van der Waals surface area contributed by atoms with Gasteiger partial charge in [-0.1, -0.05) is 0 Å². The number of nitrogens with zero attached hydrogens (tertiary/aromatic N) is 2. The average Bonchev–Trinajstić information content (AvgIpc) is 2.44. The van der Waals surface area contributed by atoms with Gasteiger partial charge in [0, 0.05) is 0 Å². The molecule has 9 nitrogen and oxygen atoms in total. The Morgan fingerprint density at radius 1 is 1.04 bits per heavy atom. The minimum absolute atomic E-state index is 0. The van der Waals surface area contributed by atoms with Crippen LogP contribution in [0.1, 0.15) is 0 Å². The third-order valence-electron chi connectivity index (χ3n) is 2.93. The van der Waals surface area contributed by atoms with Crippen molar-refractivity contribution in [2.24, 2.45) is 0 Å². The molecule has 0 unspecified atom stereocenters. The first-order chi connectivity index (χ1) is 10.4. The second kappa shape index (κ2) is 10.6. The number of hydrogen-bond donors (Lipinski definition) is 1. The number of hydrogen-bond acceptors (Lipinski definition) is 7. The molecule has 12 heteroatoms. The topological polar surface area (TPSA) is 146 Å². The minimum Gasteiger partial charge on any atom is -0.870 e. The number of para-hydroxylation sites is 2. The summed E-state index contributed by atoms with van der Waals surface area (Å²) >= 11 is -2.44. The first kappa shape index (κ1) is 23.7. The summed E-state index contributed by atoms with van der Waals surface area (Å²) in [5.74, 6) is -0.253. The van der Waals surface area contributed by atoms with Crippen molar-refractivity contribution in [3.05, 3.63) is 56.6 Å². The van der Waals surface area contributed by atoms with Crippen molar-refractivity contribution in [3.63, 3.8) is 0 Å². The monoisotopic (exact) mass is 719 g/mol. The van der Waals surface area contributed by atoms with Crippen molar-refractivity contribution in [1.29, 1.82) is 0 Å². The predicted molar refractivity (Wildman–Crippen MR) is 69.7 cm³/mol. The molecule has 0 aromatic heterocycles. The number of nitro groups is 2. The predicted octanol–water partition coefficient (Wildman–Crippen LogP) is -2.09. The standard InChI is InChI=1S/2C6H4NO3.2Hg.Na.H2O/c2*8-6-4-2-1-3-5(6)7(9)10;;;;/h2*1-2,4,8H;;;;1H2/q;;;2*+1;/p-2. The molecule has 0 saturated heterocycles. The van der Waals surface area contributed by atoms with Crippen LogP contribution in [-0.2, 0) is 51.2 Å². The van der Waals surface area contributed by atoms with E-state index in [-0.39, 0.29) is 78.3 Å². The maximum Gasteiger partial charge on any atom is 1.00 e. The van der Waals surface area contributed by atoms with Crippen LogP contribution in [-0.4, -0.2) is 20.4 Å². The molecule has 0 spiro atoms. The van der Waals surface area contributed by atoms with Gasteiger partial charge >= 0.3 is 184 Å². The van der Waals surface area contributed by atoms with Crippen LogP contribution < -0.4 is 38.3 Å². The molecule has 2 rings (SSSR count). The number of nitro benzene ring substituents is 2. The Bertz CT molecular complexity index is 697. The maximum atomic E-state index is 11.1. The fourth-order valence-electron chi connectivity index (χ4n) is 1.95. The van der Waals surface area contributed by atoms with Gasteiger partial charge in [0.15, 0.2) is 0 Å².